The van der Waals surface area contributed by atoms with Crippen LogP contribution in [0.1, 0.15) is 40.5 Å². The van der Waals surface area contributed by atoms with E-state index in [2.05, 4.69) is 0 Å². The summed E-state index contributed by atoms with van der Waals surface area (Å²) in [5.74, 6) is 0.635. The molecule has 2 rings (SSSR count). The highest BCUT2D eigenvalue weighted by Crippen LogP contribution is 2.32. The van der Waals surface area contributed by atoms with Crippen LogP contribution in [-0.4, -0.2) is 29.0 Å². The molecular weight excluding hydrogens is 260 g/mol. The van der Waals surface area contributed by atoms with E-state index in [1.165, 1.54) is 11.8 Å². The van der Waals surface area contributed by atoms with Gasteiger partial charge in [-0.05, 0) is 25.5 Å². The van der Waals surface area contributed by atoms with Crippen molar-refractivity contribution in [3.8, 4) is 0 Å². The van der Waals surface area contributed by atoms with Crippen LogP contribution >= 0.6 is 11.8 Å². The van der Waals surface area contributed by atoms with Crippen molar-refractivity contribution in [1.82, 2.24) is 0 Å². The molecule has 0 saturated heterocycles. The number of fused-ring (bicyclic) bond motifs is 1. The number of aliphatic hydroxyl groups excluding tert-OH is 1. The lowest BCUT2D eigenvalue weighted by atomic mass is 9.90. The third-order valence-electron chi connectivity index (χ3n) is 3.10. The van der Waals surface area contributed by atoms with E-state index in [0.29, 0.717) is 21.6 Å². The van der Waals surface area contributed by atoms with E-state index in [-0.39, 0.29) is 18.2 Å². The van der Waals surface area contributed by atoms with Gasteiger partial charge in [0.15, 0.2) is 11.6 Å². The largest absolute Gasteiger partial charge is 0.396 e. The minimum absolute atomic E-state index is 0.0540. The van der Waals surface area contributed by atoms with Gasteiger partial charge >= 0.3 is 0 Å². The topological polar surface area (TPSA) is 54.4 Å². The molecule has 0 aliphatic heterocycles. The second-order valence-electron chi connectivity index (χ2n) is 4.44. The molecule has 1 aliphatic carbocycles. The van der Waals surface area contributed by atoms with Crippen molar-refractivity contribution in [3.63, 3.8) is 0 Å². The molecule has 100 valence electrons. The normalized spacial score (nSPS) is 14.8. The highest BCUT2D eigenvalue weighted by atomic mass is 32.2. The number of carbonyl (C=O) groups excluding carboxylic acids is 2. The number of benzene rings is 1. The highest BCUT2D eigenvalue weighted by molar-refractivity contribution is 8.04. The first-order valence-corrected chi connectivity index (χ1v) is 7.28. The van der Waals surface area contributed by atoms with Crippen LogP contribution in [0, 0.1) is 0 Å². The molecule has 0 bridgehead atoms. The number of unbranched alkanes of at least 4 members (excludes halogenated alkanes) is 1. The van der Waals surface area contributed by atoms with Crippen LogP contribution in [0.15, 0.2) is 34.7 Å². The van der Waals surface area contributed by atoms with Crippen LogP contribution < -0.4 is 0 Å². The van der Waals surface area contributed by atoms with Crippen molar-refractivity contribution in [3.05, 3.63) is 45.9 Å². The second-order valence-corrected chi connectivity index (χ2v) is 5.54. The van der Waals surface area contributed by atoms with Crippen LogP contribution in [0.3, 0.4) is 0 Å². The van der Waals surface area contributed by atoms with E-state index in [9.17, 15) is 9.59 Å². The van der Waals surface area contributed by atoms with Gasteiger partial charge in [0.25, 0.3) is 0 Å². The van der Waals surface area contributed by atoms with Crippen molar-refractivity contribution in [1.29, 1.82) is 0 Å². The predicted octanol–water partition coefficient (Wildman–Crippen LogP) is 2.85. The average molecular weight is 276 g/mol. The van der Waals surface area contributed by atoms with Gasteiger partial charge in [0.2, 0.25) is 0 Å². The van der Waals surface area contributed by atoms with Gasteiger partial charge in [0, 0.05) is 23.3 Å². The summed E-state index contributed by atoms with van der Waals surface area (Å²) in [4.78, 5) is 25.1. The zero-order valence-corrected chi connectivity index (χ0v) is 11.6. The van der Waals surface area contributed by atoms with Crippen molar-refractivity contribution in [2.24, 2.45) is 0 Å². The molecule has 3 nitrogen and oxygen atoms in total. The van der Waals surface area contributed by atoms with Crippen molar-refractivity contribution >= 4 is 23.3 Å². The van der Waals surface area contributed by atoms with Crippen LogP contribution in [0.4, 0.5) is 0 Å². The zero-order chi connectivity index (χ0) is 13.8. The van der Waals surface area contributed by atoms with Gasteiger partial charge in [-0.1, -0.05) is 24.3 Å². The Morgan fingerprint density at radius 1 is 1.05 bits per heavy atom. The number of carbonyl (C=O) groups is 2. The lowest BCUT2D eigenvalue weighted by Gasteiger charge is -2.18. The quantitative estimate of drug-likeness (QED) is 0.840. The number of rotatable bonds is 5. The van der Waals surface area contributed by atoms with Gasteiger partial charge in [-0.25, -0.2) is 0 Å². The van der Waals surface area contributed by atoms with Crippen molar-refractivity contribution < 1.29 is 14.7 Å². The molecule has 0 radical (unpaired) electrons. The Morgan fingerprint density at radius 2 is 1.68 bits per heavy atom. The number of Topliss-reactive ketones (excluding diaryl/α,β-unsaturated/α-hetero) is 2. The number of allylic oxidation sites excluding steroid dienone is 2. The first kappa shape index (κ1) is 14.0. The summed E-state index contributed by atoms with van der Waals surface area (Å²) in [7, 11) is 0. The average Bonchev–Trinajstić information content (AvgIpc) is 2.44. The molecule has 1 aromatic rings. The van der Waals surface area contributed by atoms with Crippen LogP contribution in [0.2, 0.25) is 0 Å². The van der Waals surface area contributed by atoms with Crippen molar-refractivity contribution in [2.75, 3.05) is 12.4 Å². The molecular formula is C15H16O3S. The Labute approximate surface area is 116 Å². The summed E-state index contributed by atoms with van der Waals surface area (Å²) in [5.41, 5.74) is 1.55. The number of ketones is 2. The maximum Gasteiger partial charge on any atom is 0.200 e. The fourth-order valence-corrected chi connectivity index (χ4v) is 3.14. The molecule has 0 aromatic heterocycles. The summed E-state index contributed by atoms with van der Waals surface area (Å²) in [6.07, 6.45) is 1.55. The number of hydrogen-bond donors (Lipinski definition) is 1. The summed E-state index contributed by atoms with van der Waals surface area (Å²) in [6.45, 7) is 1.87. The molecule has 0 saturated carbocycles. The third kappa shape index (κ3) is 2.80. The molecule has 0 atom stereocenters. The van der Waals surface area contributed by atoms with Crippen LogP contribution in [0.5, 0.6) is 0 Å². The second kappa shape index (κ2) is 6.17. The van der Waals surface area contributed by atoms with Gasteiger partial charge in [0.1, 0.15) is 0 Å². The summed E-state index contributed by atoms with van der Waals surface area (Å²) in [5, 5.41) is 8.74. The van der Waals surface area contributed by atoms with Gasteiger partial charge < -0.3 is 5.11 Å². The molecule has 0 fully saturated rings. The van der Waals surface area contributed by atoms with E-state index in [1.54, 1.807) is 31.2 Å². The molecule has 0 heterocycles. The highest BCUT2D eigenvalue weighted by Gasteiger charge is 2.29. The van der Waals surface area contributed by atoms with Crippen molar-refractivity contribution in [2.45, 2.75) is 19.8 Å². The van der Waals surface area contributed by atoms with Gasteiger partial charge in [-0.3, -0.25) is 9.59 Å². The molecule has 1 N–H and O–H groups in total. The summed E-state index contributed by atoms with van der Waals surface area (Å²) in [6, 6.07) is 6.96. The van der Waals surface area contributed by atoms with Gasteiger partial charge in [-0.15, -0.1) is 11.8 Å². The summed E-state index contributed by atoms with van der Waals surface area (Å²) < 4.78 is 0. The molecule has 0 unspecified atom stereocenters. The Bertz CT molecular complexity index is 546. The third-order valence-corrected chi connectivity index (χ3v) is 4.38. The number of hydrogen-bond acceptors (Lipinski definition) is 4. The summed E-state index contributed by atoms with van der Waals surface area (Å²) >= 11 is 1.42. The minimum atomic E-state index is -0.0557. The standard InChI is InChI=1S/C15H16O3S/c1-10-13(17)11-6-2-3-7-12(11)14(18)15(10)19-9-5-4-8-16/h2-3,6-7,16H,4-5,8-9H2,1H3. The van der Waals surface area contributed by atoms with Gasteiger partial charge in [-0.2, -0.15) is 0 Å². The molecule has 1 aliphatic rings. The number of aliphatic hydroxyl groups is 1. The minimum Gasteiger partial charge on any atom is -0.396 e. The van der Waals surface area contributed by atoms with E-state index in [4.69, 9.17) is 5.11 Å². The first-order chi connectivity index (χ1) is 9.16. The Morgan fingerprint density at radius 3 is 2.32 bits per heavy atom. The predicted molar refractivity (Wildman–Crippen MR) is 76.6 cm³/mol. The maximum atomic E-state index is 12.4. The fraction of sp³-hybridized carbons (Fsp3) is 0.333. The van der Waals surface area contributed by atoms with E-state index in [0.717, 1.165) is 18.6 Å². The number of thioether (sulfide) groups is 1. The monoisotopic (exact) mass is 276 g/mol. The molecule has 0 spiro atoms. The van der Waals surface area contributed by atoms with Gasteiger partial charge in [0.05, 0.1) is 4.91 Å². The lowest BCUT2D eigenvalue weighted by Crippen LogP contribution is -2.19. The zero-order valence-electron chi connectivity index (χ0n) is 10.8. The van der Waals surface area contributed by atoms with E-state index >= 15 is 0 Å². The lowest BCUT2D eigenvalue weighted by molar-refractivity contribution is 0.0981. The Kier molecular flexibility index (Phi) is 4.56. The van der Waals surface area contributed by atoms with Crippen LogP contribution in [-0.2, 0) is 0 Å². The Hall–Kier alpha value is -1.39. The van der Waals surface area contributed by atoms with E-state index in [1.807, 2.05) is 0 Å². The first-order valence-electron chi connectivity index (χ1n) is 6.29. The fourth-order valence-electron chi connectivity index (χ4n) is 2.04. The van der Waals surface area contributed by atoms with Crippen LogP contribution in [0.25, 0.3) is 0 Å². The SMILES string of the molecule is CC1=C(SCCCCO)C(=O)c2ccccc2C1=O. The molecule has 19 heavy (non-hydrogen) atoms. The van der Waals surface area contributed by atoms with E-state index < -0.39 is 0 Å². The smallest absolute Gasteiger partial charge is 0.200 e. The molecule has 0 amide bonds. The Balaban J connectivity index is 2.22. The molecule has 1 aromatic carbocycles. The molecule has 4 heteroatoms. The maximum absolute atomic E-state index is 12.4.